The van der Waals surface area contributed by atoms with E-state index in [1.807, 2.05) is 0 Å². The minimum absolute atomic E-state index is 0.323. The topological polar surface area (TPSA) is 31.0 Å². The van der Waals surface area contributed by atoms with Crippen LogP contribution in [0.25, 0.3) is 0 Å². The lowest BCUT2D eigenvalue weighted by atomic mass is 10.1. The number of morpholine rings is 1. The number of piperazine rings is 1. The van der Waals surface area contributed by atoms with Crippen LogP contribution in [0.15, 0.2) is 0 Å². The van der Waals surface area contributed by atoms with Crippen molar-refractivity contribution in [3.8, 4) is 0 Å². The van der Waals surface area contributed by atoms with Crippen molar-refractivity contribution in [2.24, 2.45) is 0 Å². The molecule has 0 saturated carbocycles. The van der Waals surface area contributed by atoms with Crippen LogP contribution in [-0.4, -0.2) is 96.9 Å². The molecule has 1 N–H and O–H groups in total. The van der Waals surface area contributed by atoms with Crippen molar-refractivity contribution in [3.63, 3.8) is 0 Å². The molecular formula is C24H52N4O. The van der Waals surface area contributed by atoms with Gasteiger partial charge in [0.1, 0.15) is 0 Å². The molecule has 3 rings (SSSR count). The molecule has 0 aromatic carbocycles. The average Bonchev–Trinajstić information content (AvgIpc) is 3.18. The maximum absolute atomic E-state index is 5.25. The zero-order chi connectivity index (χ0) is 22.1. The highest BCUT2D eigenvalue weighted by Gasteiger charge is 2.24. The third kappa shape index (κ3) is 11.1. The van der Waals surface area contributed by atoms with Gasteiger partial charge in [0.2, 0.25) is 0 Å². The first kappa shape index (κ1) is 26.8. The van der Waals surface area contributed by atoms with Crippen LogP contribution in [0, 0.1) is 0 Å². The van der Waals surface area contributed by atoms with Crippen molar-refractivity contribution in [1.82, 2.24) is 20.0 Å². The number of nitrogens with one attached hydrogen (secondary N) is 1. The highest BCUT2D eigenvalue weighted by molar-refractivity contribution is 4.80. The molecule has 3 saturated heterocycles. The van der Waals surface area contributed by atoms with Gasteiger partial charge in [-0.2, -0.15) is 0 Å². The third-order valence-corrected chi connectivity index (χ3v) is 6.08. The Labute approximate surface area is 182 Å². The summed E-state index contributed by atoms with van der Waals surface area (Å²) in [5.41, 5.74) is 1.10. The predicted octanol–water partition coefficient (Wildman–Crippen LogP) is 3.69. The molecule has 0 radical (unpaired) electrons. The van der Waals surface area contributed by atoms with Gasteiger partial charge in [-0.15, -0.1) is 0 Å². The van der Waals surface area contributed by atoms with Crippen molar-refractivity contribution >= 4 is 0 Å². The standard InChI is InChI=1S/C8H18N2.C8H17NO.C8H17N/c1-8(2,3)10-6-4-9-5-7-10;1-8(2,3)9-4-6-10-7-5-9;1-8(2,3)9-6-4-5-7-9/h9H,4-7H2,1-3H3;4-7H2,1-3H3;4-7H2,1-3H3. The number of ether oxygens (including phenoxy) is 1. The summed E-state index contributed by atoms with van der Waals surface area (Å²) in [7, 11) is 0. The lowest BCUT2D eigenvalue weighted by Gasteiger charge is -2.38. The number of rotatable bonds is 0. The van der Waals surface area contributed by atoms with Gasteiger partial charge in [-0.25, -0.2) is 0 Å². The Kier molecular flexibility index (Phi) is 11.1. The molecule has 3 heterocycles. The van der Waals surface area contributed by atoms with Gasteiger partial charge in [0.05, 0.1) is 13.2 Å². The molecule has 0 amide bonds. The monoisotopic (exact) mass is 412 g/mol. The summed E-state index contributed by atoms with van der Waals surface area (Å²) in [6.45, 7) is 31.7. The van der Waals surface area contributed by atoms with Crippen molar-refractivity contribution < 1.29 is 4.74 Å². The fourth-order valence-corrected chi connectivity index (χ4v) is 3.96. The predicted molar refractivity (Wildman–Crippen MR) is 127 cm³/mol. The van der Waals surface area contributed by atoms with Crippen LogP contribution < -0.4 is 5.32 Å². The van der Waals surface area contributed by atoms with E-state index in [9.17, 15) is 0 Å². The Morgan fingerprint density at radius 3 is 1.14 bits per heavy atom. The van der Waals surface area contributed by atoms with Gasteiger partial charge in [-0.1, -0.05) is 0 Å². The number of likely N-dealkylation sites (tertiary alicyclic amines) is 1. The van der Waals surface area contributed by atoms with Crippen LogP contribution in [0.4, 0.5) is 0 Å². The average molecular weight is 413 g/mol. The molecule has 0 aliphatic carbocycles. The van der Waals surface area contributed by atoms with E-state index in [0.717, 1.165) is 39.4 Å². The molecule has 5 heteroatoms. The number of nitrogens with zero attached hydrogens (tertiary/aromatic N) is 3. The third-order valence-electron chi connectivity index (χ3n) is 6.08. The van der Waals surface area contributed by atoms with E-state index in [0.29, 0.717) is 16.6 Å². The molecule has 5 nitrogen and oxygen atoms in total. The molecule has 3 aliphatic heterocycles. The van der Waals surface area contributed by atoms with Gasteiger partial charge in [-0.05, 0) is 88.2 Å². The zero-order valence-corrected chi connectivity index (χ0v) is 21.2. The largest absolute Gasteiger partial charge is 0.379 e. The Balaban J connectivity index is 0.000000218. The van der Waals surface area contributed by atoms with E-state index in [-0.39, 0.29) is 0 Å². The first-order valence-electron chi connectivity index (χ1n) is 11.9. The molecule has 174 valence electrons. The summed E-state index contributed by atoms with van der Waals surface area (Å²) in [4.78, 5) is 7.52. The fraction of sp³-hybridized carbons (Fsp3) is 1.00. The lowest BCUT2D eigenvalue weighted by molar-refractivity contribution is -0.00389. The van der Waals surface area contributed by atoms with Crippen LogP contribution in [0.5, 0.6) is 0 Å². The molecule has 29 heavy (non-hydrogen) atoms. The summed E-state index contributed by atoms with van der Waals surface area (Å²) in [6, 6.07) is 0. The second kappa shape index (κ2) is 12.0. The summed E-state index contributed by atoms with van der Waals surface area (Å²) in [6.07, 6.45) is 2.80. The molecule has 0 spiro atoms. The highest BCUT2D eigenvalue weighted by Crippen LogP contribution is 2.19. The summed E-state index contributed by atoms with van der Waals surface area (Å²) < 4.78 is 5.25. The molecule has 3 fully saturated rings. The second-order valence-corrected chi connectivity index (χ2v) is 11.5. The Bertz CT molecular complexity index is 388. The molecule has 0 aromatic heterocycles. The van der Waals surface area contributed by atoms with Gasteiger partial charge in [0.15, 0.2) is 0 Å². The first-order valence-corrected chi connectivity index (χ1v) is 11.9. The summed E-state index contributed by atoms with van der Waals surface area (Å²) >= 11 is 0. The van der Waals surface area contributed by atoms with E-state index in [2.05, 4.69) is 82.3 Å². The van der Waals surface area contributed by atoms with Gasteiger partial charge in [0, 0.05) is 55.9 Å². The van der Waals surface area contributed by atoms with Gasteiger partial charge in [-0.3, -0.25) is 14.7 Å². The van der Waals surface area contributed by atoms with Crippen LogP contribution >= 0.6 is 0 Å². The Morgan fingerprint density at radius 2 is 0.862 bits per heavy atom. The number of hydrogen-bond donors (Lipinski definition) is 1. The van der Waals surface area contributed by atoms with E-state index in [1.165, 1.54) is 39.0 Å². The fourth-order valence-electron chi connectivity index (χ4n) is 3.96. The van der Waals surface area contributed by atoms with Crippen LogP contribution in [0.2, 0.25) is 0 Å². The summed E-state index contributed by atoms with van der Waals surface area (Å²) in [5.74, 6) is 0. The van der Waals surface area contributed by atoms with E-state index in [1.54, 1.807) is 0 Å². The molecule has 3 aliphatic rings. The van der Waals surface area contributed by atoms with Crippen molar-refractivity contribution in [2.45, 2.75) is 91.8 Å². The van der Waals surface area contributed by atoms with Crippen molar-refractivity contribution in [2.75, 3.05) is 65.6 Å². The Hall–Kier alpha value is -0.200. The smallest absolute Gasteiger partial charge is 0.0594 e. The van der Waals surface area contributed by atoms with E-state index >= 15 is 0 Å². The zero-order valence-electron chi connectivity index (χ0n) is 21.2. The van der Waals surface area contributed by atoms with Crippen LogP contribution in [0.3, 0.4) is 0 Å². The van der Waals surface area contributed by atoms with Gasteiger partial charge in [0.25, 0.3) is 0 Å². The molecule has 0 unspecified atom stereocenters. The molecule has 0 aromatic rings. The maximum atomic E-state index is 5.25. The molecule has 0 atom stereocenters. The quantitative estimate of drug-likeness (QED) is 0.656. The lowest BCUT2D eigenvalue weighted by Crippen LogP contribution is -2.51. The highest BCUT2D eigenvalue weighted by atomic mass is 16.5. The van der Waals surface area contributed by atoms with Crippen LogP contribution in [-0.2, 0) is 4.74 Å². The van der Waals surface area contributed by atoms with Gasteiger partial charge >= 0.3 is 0 Å². The Morgan fingerprint density at radius 1 is 0.517 bits per heavy atom. The van der Waals surface area contributed by atoms with Crippen LogP contribution in [0.1, 0.15) is 75.2 Å². The second-order valence-electron chi connectivity index (χ2n) is 11.5. The minimum atomic E-state index is 0.323. The maximum Gasteiger partial charge on any atom is 0.0594 e. The minimum Gasteiger partial charge on any atom is -0.379 e. The molecule has 0 bridgehead atoms. The number of hydrogen-bond acceptors (Lipinski definition) is 5. The normalized spacial score (nSPS) is 23.1. The van der Waals surface area contributed by atoms with E-state index in [4.69, 9.17) is 4.74 Å². The van der Waals surface area contributed by atoms with E-state index < -0.39 is 0 Å². The first-order chi connectivity index (χ1) is 13.3. The SMILES string of the molecule is CC(C)(C)N1CCCC1.CC(C)(C)N1CCNCC1.CC(C)(C)N1CCOCC1. The molecular weight excluding hydrogens is 360 g/mol. The van der Waals surface area contributed by atoms with Gasteiger partial charge < -0.3 is 10.1 Å². The van der Waals surface area contributed by atoms with Crippen molar-refractivity contribution in [1.29, 1.82) is 0 Å². The summed E-state index contributed by atoms with van der Waals surface area (Å²) in [5, 5.41) is 3.35. The van der Waals surface area contributed by atoms with Crippen molar-refractivity contribution in [3.05, 3.63) is 0 Å².